The van der Waals surface area contributed by atoms with E-state index in [9.17, 15) is 9.59 Å². The van der Waals surface area contributed by atoms with E-state index < -0.39 is 0 Å². The fraction of sp³-hybridized carbons (Fsp3) is 0.643. The lowest BCUT2D eigenvalue weighted by atomic mass is 10.2. The van der Waals surface area contributed by atoms with E-state index in [-0.39, 0.29) is 11.5 Å². The van der Waals surface area contributed by atoms with Crippen molar-refractivity contribution in [2.45, 2.75) is 44.4 Å². The van der Waals surface area contributed by atoms with E-state index in [1.165, 1.54) is 13.2 Å². The molecule has 1 aromatic heterocycles. The highest BCUT2D eigenvalue weighted by atomic mass is 16.5. The van der Waals surface area contributed by atoms with Crippen LogP contribution in [0.5, 0.6) is 0 Å². The van der Waals surface area contributed by atoms with E-state index in [1.807, 2.05) is 0 Å². The van der Waals surface area contributed by atoms with Crippen molar-refractivity contribution >= 4 is 11.8 Å². The van der Waals surface area contributed by atoms with Crippen LogP contribution in [0.1, 0.15) is 50.3 Å². The number of ether oxygens (including phenoxy) is 1. The first-order valence-electron chi connectivity index (χ1n) is 7.11. The summed E-state index contributed by atoms with van der Waals surface area (Å²) < 4.78 is 4.58. The number of anilines is 1. The van der Waals surface area contributed by atoms with Crippen LogP contribution in [0, 0.1) is 0 Å². The third-order valence-electron chi connectivity index (χ3n) is 3.32. The molecule has 1 aromatic rings. The van der Waals surface area contributed by atoms with E-state index in [4.69, 9.17) is 0 Å². The summed E-state index contributed by atoms with van der Waals surface area (Å²) in [4.78, 5) is 29.6. The molecule has 1 aliphatic rings. The van der Waals surface area contributed by atoms with Crippen LogP contribution in [0.3, 0.4) is 0 Å². The first-order chi connectivity index (χ1) is 9.69. The summed E-state index contributed by atoms with van der Waals surface area (Å²) in [7, 11) is 1.40. The zero-order valence-corrected chi connectivity index (χ0v) is 11.8. The Morgan fingerprint density at radius 2 is 2.25 bits per heavy atom. The number of aromatic amines is 1. The van der Waals surface area contributed by atoms with Crippen molar-refractivity contribution in [2.24, 2.45) is 0 Å². The molecule has 20 heavy (non-hydrogen) atoms. The first kappa shape index (κ1) is 14.6. The lowest BCUT2D eigenvalue weighted by Crippen LogP contribution is -2.14. The van der Waals surface area contributed by atoms with Gasteiger partial charge in [-0.25, -0.2) is 4.98 Å². The third-order valence-corrected chi connectivity index (χ3v) is 3.32. The topological polar surface area (TPSA) is 84.1 Å². The van der Waals surface area contributed by atoms with Crippen molar-refractivity contribution in [1.29, 1.82) is 0 Å². The van der Waals surface area contributed by atoms with Gasteiger partial charge in [0.05, 0.1) is 7.11 Å². The summed E-state index contributed by atoms with van der Waals surface area (Å²) in [5.41, 5.74) is -0.102. The maximum absolute atomic E-state index is 11.5. The Labute approximate surface area is 118 Å². The van der Waals surface area contributed by atoms with Gasteiger partial charge in [0.25, 0.3) is 5.56 Å². The number of unbranched alkanes of at least 4 members (excludes halogenated alkanes) is 2. The Bertz CT molecular complexity index is 509. The average Bonchev–Trinajstić information content (AvgIpc) is 3.26. The van der Waals surface area contributed by atoms with Crippen molar-refractivity contribution in [3.05, 3.63) is 22.2 Å². The second-order valence-corrected chi connectivity index (χ2v) is 5.10. The van der Waals surface area contributed by atoms with E-state index in [0.29, 0.717) is 18.2 Å². The highest BCUT2D eigenvalue weighted by Gasteiger charge is 2.26. The van der Waals surface area contributed by atoms with Gasteiger partial charge in [-0.2, -0.15) is 0 Å². The quantitative estimate of drug-likeness (QED) is 0.560. The molecule has 0 saturated heterocycles. The van der Waals surface area contributed by atoms with E-state index >= 15 is 0 Å². The van der Waals surface area contributed by atoms with Crippen molar-refractivity contribution in [3.8, 4) is 0 Å². The van der Waals surface area contributed by atoms with Gasteiger partial charge in [0.15, 0.2) is 0 Å². The van der Waals surface area contributed by atoms with Gasteiger partial charge in [-0.05, 0) is 25.7 Å². The molecule has 1 aliphatic carbocycles. The van der Waals surface area contributed by atoms with Gasteiger partial charge in [0.1, 0.15) is 11.6 Å². The van der Waals surface area contributed by atoms with Crippen LogP contribution in [0.25, 0.3) is 0 Å². The van der Waals surface area contributed by atoms with Crippen molar-refractivity contribution in [2.75, 3.05) is 19.0 Å². The zero-order chi connectivity index (χ0) is 14.4. The smallest absolute Gasteiger partial charge is 0.305 e. The number of nitrogens with one attached hydrogen (secondary N) is 2. The molecule has 1 heterocycles. The summed E-state index contributed by atoms with van der Waals surface area (Å²) in [6, 6.07) is 1.49. The summed E-state index contributed by atoms with van der Waals surface area (Å²) in [5, 5.41) is 3.16. The number of aromatic nitrogens is 2. The minimum atomic E-state index is -0.164. The first-order valence-corrected chi connectivity index (χ1v) is 7.11. The minimum absolute atomic E-state index is 0.102. The molecule has 0 aliphatic heterocycles. The molecular weight excluding hydrogens is 258 g/mol. The standard InChI is InChI=1S/C14H21N3O3/c1-20-13(19)5-3-2-4-8-15-11-9-12(18)17-14(16-11)10-6-7-10/h9-10H,2-8H2,1H3,(H2,15,16,17,18). The number of carbonyl (C=O) groups excluding carboxylic acids is 1. The molecule has 6 nitrogen and oxygen atoms in total. The van der Waals surface area contributed by atoms with Gasteiger partial charge < -0.3 is 15.0 Å². The van der Waals surface area contributed by atoms with Crippen LogP contribution in [-0.4, -0.2) is 29.6 Å². The fourth-order valence-corrected chi connectivity index (χ4v) is 2.01. The van der Waals surface area contributed by atoms with Crippen molar-refractivity contribution in [1.82, 2.24) is 9.97 Å². The molecule has 0 atom stereocenters. The monoisotopic (exact) mass is 279 g/mol. The number of esters is 1. The molecule has 2 rings (SSSR count). The molecule has 0 bridgehead atoms. The number of methoxy groups -OCH3 is 1. The maximum Gasteiger partial charge on any atom is 0.305 e. The highest BCUT2D eigenvalue weighted by Crippen LogP contribution is 2.37. The Morgan fingerprint density at radius 3 is 2.95 bits per heavy atom. The summed E-state index contributed by atoms with van der Waals surface area (Å²) >= 11 is 0. The van der Waals surface area contributed by atoms with Gasteiger partial charge in [-0.3, -0.25) is 9.59 Å². The van der Waals surface area contributed by atoms with Crippen LogP contribution >= 0.6 is 0 Å². The molecule has 1 saturated carbocycles. The summed E-state index contributed by atoms with van der Waals surface area (Å²) in [6.45, 7) is 0.752. The van der Waals surface area contributed by atoms with Gasteiger partial charge in [0, 0.05) is 24.9 Å². The van der Waals surface area contributed by atoms with E-state index in [2.05, 4.69) is 20.0 Å². The number of rotatable bonds is 8. The lowest BCUT2D eigenvalue weighted by molar-refractivity contribution is -0.140. The Balaban J connectivity index is 1.69. The molecule has 0 unspecified atom stereocenters. The molecule has 0 radical (unpaired) electrons. The predicted octanol–water partition coefficient (Wildman–Crippen LogP) is 1.79. The van der Waals surface area contributed by atoms with Gasteiger partial charge in [-0.15, -0.1) is 0 Å². The maximum atomic E-state index is 11.5. The highest BCUT2D eigenvalue weighted by molar-refractivity contribution is 5.68. The lowest BCUT2D eigenvalue weighted by Gasteiger charge is -2.06. The van der Waals surface area contributed by atoms with E-state index in [1.54, 1.807) is 0 Å². The molecule has 0 spiro atoms. The molecule has 1 fully saturated rings. The van der Waals surface area contributed by atoms with Crippen LogP contribution in [0.15, 0.2) is 10.9 Å². The number of nitrogens with zero attached hydrogens (tertiary/aromatic N) is 1. The van der Waals surface area contributed by atoms with Crippen LogP contribution in [0.4, 0.5) is 5.82 Å². The zero-order valence-electron chi connectivity index (χ0n) is 11.8. The van der Waals surface area contributed by atoms with Crippen LogP contribution in [0.2, 0.25) is 0 Å². The molecular formula is C14H21N3O3. The van der Waals surface area contributed by atoms with Crippen LogP contribution < -0.4 is 10.9 Å². The number of hydrogen-bond donors (Lipinski definition) is 2. The molecule has 2 N–H and O–H groups in total. The normalized spacial score (nSPS) is 14.1. The van der Waals surface area contributed by atoms with E-state index in [0.717, 1.165) is 44.5 Å². The fourth-order valence-electron chi connectivity index (χ4n) is 2.01. The third kappa shape index (κ3) is 4.68. The molecule has 0 aromatic carbocycles. The molecule has 0 amide bonds. The number of carbonyl (C=O) groups is 1. The van der Waals surface area contributed by atoms with Gasteiger partial charge in [0.2, 0.25) is 0 Å². The second kappa shape index (κ2) is 7.07. The van der Waals surface area contributed by atoms with Crippen molar-refractivity contribution < 1.29 is 9.53 Å². The molecule has 110 valence electrons. The van der Waals surface area contributed by atoms with Crippen molar-refractivity contribution in [3.63, 3.8) is 0 Å². The molecule has 6 heteroatoms. The average molecular weight is 279 g/mol. The Morgan fingerprint density at radius 1 is 1.45 bits per heavy atom. The van der Waals surface area contributed by atoms with Gasteiger partial charge in [-0.1, -0.05) is 6.42 Å². The number of hydrogen-bond acceptors (Lipinski definition) is 5. The van der Waals surface area contributed by atoms with Gasteiger partial charge >= 0.3 is 5.97 Å². The second-order valence-electron chi connectivity index (χ2n) is 5.10. The largest absolute Gasteiger partial charge is 0.469 e. The Hall–Kier alpha value is -1.85. The summed E-state index contributed by atoms with van der Waals surface area (Å²) in [6.07, 6.45) is 5.39. The Kier molecular flexibility index (Phi) is 5.15. The minimum Gasteiger partial charge on any atom is -0.469 e. The number of H-pyrrole nitrogens is 1. The predicted molar refractivity (Wildman–Crippen MR) is 75.8 cm³/mol. The SMILES string of the molecule is COC(=O)CCCCCNc1cc(=O)[nH]c(C2CC2)n1. The summed E-state index contributed by atoms with van der Waals surface area (Å²) in [5.74, 6) is 1.71. The van der Waals surface area contributed by atoms with Crippen LogP contribution in [-0.2, 0) is 9.53 Å².